The van der Waals surface area contributed by atoms with Gasteiger partial charge in [-0.25, -0.2) is 4.98 Å². The number of hydrogen-bond acceptors (Lipinski definition) is 5. The van der Waals surface area contributed by atoms with Gasteiger partial charge in [0.15, 0.2) is 11.5 Å². The fourth-order valence-electron chi connectivity index (χ4n) is 3.73. The van der Waals surface area contributed by atoms with Gasteiger partial charge in [-0.15, -0.1) is 0 Å². The van der Waals surface area contributed by atoms with Crippen LogP contribution in [0.1, 0.15) is 10.4 Å². The largest absolute Gasteiger partial charge is 0.486 e. The summed E-state index contributed by atoms with van der Waals surface area (Å²) in [5.74, 6) is 1.72. The highest BCUT2D eigenvalue weighted by Crippen LogP contribution is 2.39. The van der Waals surface area contributed by atoms with Crippen LogP contribution in [0.4, 0.5) is 0 Å². The molecule has 0 radical (unpaired) electrons. The summed E-state index contributed by atoms with van der Waals surface area (Å²) in [5, 5.41) is 0. The molecule has 4 aromatic rings. The van der Waals surface area contributed by atoms with Gasteiger partial charge in [0.25, 0.3) is 0 Å². The van der Waals surface area contributed by atoms with Crippen molar-refractivity contribution in [1.29, 1.82) is 0 Å². The van der Waals surface area contributed by atoms with Gasteiger partial charge in [0.1, 0.15) is 19.0 Å². The zero-order valence-corrected chi connectivity index (χ0v) is 16.9. The van der Waals surface area contributed by atoms with Gasteiger partial charge in [-0.2, -0.15) is 0 Å². The predicted octanol–water partition coefficient (Wildman–Crippen LogP) is 3.69. The molecule has 1 amide bonds. The maximum Gasteiger partial charge on any atom is 0.248 e. The molecule has 2 aromatic carbocycles. The predicted molar refractivity (Wildman–Crippen MR) is 117 cm³/mol. The average Bonchev–Trinajstić information content (AvgIpc) is 3.16. The zero-order chi connectivity index (χ0) is 21.4. The van der Waals surface area contributed by atoms with Crippen molar-refractivity contribution in [2.45, 2.75) is 0 Å². The Bertz CT molecular complexity index is 1260. The quantitative estimate of drug-likeness (QED) is 0.552. The first-order chi connectivity index (χ1) is 15.1. The van der Waals surface area contributed by atoms with Gasteiger partial charge in [0.2, 0.25) is 5.91 Å². The van der Waals surface area contributed by atoms with E-state index < -0.39 is 5.91 Å². The molecule has 0 atom stereocenters. The summed E-state index contributed by atoms with van der Waals surface area (Å²) >= 11 is 0. The van der Waals surface area contributed by atoms with Crippen LogP contribution in [0, 0.1) is 0 Å². The number of nitrogens with two attached hydrogens (primary N) is 1. The monoisotopic (exact) mass is 412 g/mol. The molecule has 3 heterocycles. The molecule has 0 saturated heterocycles. The van der Waals surface area contributed by atoms with Gasteiger partial charge in [-0.3, -0.25) is 9.78 Å². The Morgan fingerprint density at radius 1 is 0.968 bits per heavy atom. The highest BCUT2D eigenvalue weighted by atomic mass is 16.6. The second-order valence-electron chi connectivity index (χ2n) is 7.21. The molecule has 2 aromatic heterocycles. The van der Waals surface area contributed by atoms with Crippen LogP contribution in [-0.2, 0) is 7.05 Å². The summed E-state index contributed by atoms with van der Waals surface area (Å²) in [6, 6.07) is 18.7. The number of aromatic nitrogens is 3. The van der Waals surface area contributed by atoms with Gasteiger partial charge in [0.05, 0.1) is 17.1 Å². The molecule has 7 nitrogen and oxygen atoms in total. The van der Waals surface area contributed by atoms with Gasteiger partial charge in [-0.05, 0) is 42.5 Å². The molecular formula is C24H20N4O3. The van der Waals surface area contributed by atoms with E-state index in [1.807, 2.05) is 60.1 Å². The van der Waals surface area contributed by atoms with Crippen molar-refractivity contribution in [3.8, 4) is 45.5 Å². The van der Waals surface area contributed by atoms with Crippen molar-refractivity contribution in [3.63, 3.8) is 0 Å². The number of fused-ring (bicyclic) bond motifs is 1. The number of carbonyl (C=O) groups excluding carboxylic acids is 1. The molecule has 7 heteroatoms. The van der Waals surface area contributed by atoms with Crippen LogP contribution < -0.4 is 15.2 Å². The molecule has 0 bridgehead atoms. The Labute approximate surface area is 179 Å². The molecule has 1 aliphatic heterocycles. The summed E-state index contributed by atoms with van der Waals surface area (Å²) < 4.78 is 13.4. The Kier molecular flexibility index (Phi) is 4.63. The van der Waals surface area contributed by atoms with Crippen LogP contribution in [0.2, 0.25) is 0 Å². The van der Waals surface area contributed by atoms with Gasteiger partial charge >= 0.3 is 0 Å². The fourth-order valence-corrected chi connectivity index (χ4v) is 3.73. The number of benzene rings is 2. The lowest BCUT2D eigenvalue weighted by molar-refractivity contribution is 0.100. The Morgan fingerprint density at radius 2 is 1.71 bits per heavy atom. The topological polar surface area (TPSA) is 92.3 Å². The van der Waals surface area contributed by atoms with Gasteiger partial charge < -0.3 is 19.8 Å². The van der Waals surface area contributed by atoms with Crippen molar-refractivity contribution in [3.05, 3.63) is 72.4 Å². The van der Waals surface area contributed by atoms with Crippen molar-refractivity contribution in [2.75, 3.05) is 13.2 Å². The Hall–Kier alpha value is -4.13. The number of hydrogen-bond donors (Lipinski definition) is 1. The van der Waals surface area contributed by atoms with E-state index >= 15 is 0 Å². The molecule has 2 N–H and O–H groups in total. The molecule has 5 rings (SSSR count). The third kappa shape index (κ3) is 3.40. The van der Waals surface area contributed by atoms with Gasteiger partial charge in [-0.1, -0.05) is 18.2 Å². The Balaban J connectivity index is 1.68. The van der Waals surface area contributed by atoms with Crippen LogP contribution in [0.25, 0.3) is 34.0 Å². The van der Waals surface area contributed by atoms with Crippen molar-refractivity contribution < 1.29 is 14.3 Å². The molecule has 0 aliphatic carbocycles. The number of rotatable bonds is 4. The van der Waals surface area contributed by atoms with E-state index in [-0.39, 0.29) is 0 Å². The number of carbonyl (C=O) groups is 1. The maximum atomic E-state index is 11.4. The summed E-state index contributed by atoms with van der Waals surface area (Å²) in [4.78, 5) is 20.9. The molecule has 1 aliphatic rings. The third-order valence-electron chi connectivity index (χ3n) is 5.25. The summed E-state index contributed by atoms with van der Waals surface area (Å²) in [7, 11) is 1.95. The number of ether oxygens (including phenoxy) is 2. The number of primary amides is 1. The first kappa shape index (κ1) is 18.9. The highest BCUT2D eigenvalue weighted by molar-refractivity contribution is 5.93. The van der Waals surface area contributed by atoms with E-state index in [2.05, 4.69) is 4.98 Å². The lowest BCUT2D eigenvalue weighted by Gasteiger charge is -2.18. The second-order valence-corrected chi connectivity index (χ2v) is 7.21. The molecule has 0 saturated carbocycles. The molecule has 0 fully saturated rings. The van der Waals surface area contributed by atoms with E-state index in [0.29, 0.717) is 24.5 Å². The second kappa shape index (κ2) is 7.60. The first-order valence-electron chi connectivity index (χ1n) is 9.90. The van der Waals surface area contributed by atoms with E-state index in [9.17, 15) is 4.79 Å². The van der Waals surface area contributed by atoms with Crippen LogP contribution in [0.15, 0.2) is 66.9 Å². The number of pyridine rings is 1. The molecular weight excluding hydrogens is 392 g/mol. The summed E-state index contributed by atoms with van der Waals surface area (Å²) in [6.45, 7) is 1.06. The minimum absolute atomic E-state index is 0.454. The van der Waals surface area contributed by atoms with E-state index in [4.69, 9.17) is 20.2 Å². The van der Waals surface area contributed by atoms with Crippen molar-refractivity contribution >= 4 is 5.91 Å². The summed E-state index contributed by atoms with van der Waals surface area (Å²) in [5.41, 5.74) is 10.1. The minimum Gasteiger partial charge on any atom is -0.486 e. The fraction of sp³-hybridized carbons (Fsp3) is 0.125. The molecule has 0 spiro atoms. The normalized spacial score (nSPS) is 12.5. The van der Waals surface area contributed by atoms with Crippen LogP contribution in [-0.4, -0.2) is 33.7 Å². The Morgan fingerprint density at radius 3 is 2.42 bits per heavy atom. The molecule has 154 valence electrons. The lowest BCUT2D eigenvalue weighted by Crippen LogP contribution is -2.15. The first-order valence-corrected chi connectivity index (χ1v) is 9.90. The van der Waals surface area contributed by atoms with E-state index in [1.165, 1.54) is 0 Å². The standard InChI is InChI=1S/C24H20N4O3/c1-28-22(18-4-2-3-11-26-18)21(17-9-10-19-20(14-17)31-13-12-30-19)27-24(28)16-7-5-15(6-8-16)23(25)29/h2-11,14H,12-13H2,1H3,(H2,25,29). The molecule has 0 unspecified atom stereocenters. The molecule has 31 heavy (non-hydrogen) atoms. The number of nitrogens with zero attached hydrogens (tertiary/aromatic N) is 3. The smallest absolute Gasteiger partial charge is 0.248 e. The number of imidazole rings is 1. The minimum atomic E-state index is -0.461. The lowest BCUT2D eigenvalue weighted by atomic mass is 10.1. The van der Waals surface area contributed by atoms with E-state index in [0.717, 1.165) is 39.8 Å². The maximum absolute atomic E-state index is 11.4. The van der Waals surface area contributed by atoms with Crippen molar-refractivity contribution in [1.82, 2.24) is 14.5 Å². The van der Waals surface area contributed by atoms with Gasteiger partial charge in [0, 0.05) is 29.9 Å². The highest BCUT2D eigenvalue weighted by Gasteiger charge is 2.22. The third-order valence-corrected chi connectivity index (χ3v) is 5.25. The van der Waals surface area contributed by atoms with Crippen LogP contribution in [0.5, 0.6) is 11.5 Å². The van der Waals surface area contributed by atoms with Crippen LogP contribution in [0.3, 0.4) is 0 Å². The summed E-state index contributed by atoms with van der Waals surface area (Å²) in [6.07, 6.45) is 1.76. The van der Waals surface area contributed by atoms with Crippen molar-refractivity contribution in [2.24, 2.45) is 12.8 Å². The zero-order valence-electron chi connectivity index (χ0n) is 16.9. The SMILES string of the molecule is Cn1c(-c2ccc(C(N)=O)cc2)nc(-c2ccc3c(c2)OCCO3)c1-c1ccccn1. The van der Waals surface area contributed by atoms with Crippen LogP contribution >= 0.6 is 0 Å². The number of amides is 1. The average molecular weight is 412 g/mol. The van der Waals surface area contributed by atoms with E-state index in [1.54, 1.807) is 18.3 Å².